The van der Waals surface area contributed by atoms with Crippen LogP contribution in [0.3, 0.4) is 0 Å². The molecule has 4 nitrogen and oxygen atoms in total. The van der Waals surface area contributed by atoms with Crippen molar-refractivity contribution >= 4 is 15.9 Å². The summed E-state index contributed by atoms with van der Waals surface area (Å²) in [4.78, 5) is 4.24. The average Bonchev–Trinajstić information content (AvgIpc) is 2.50. The normalized spacial score (nSPS) is 12.1. The molecule has 0 aliphatic rings. The summed E-state index contributed by atoms with van der Waals surface area (Å²) in [7, 11) is 3.59. The van der Waals surface area contributed by atoms with Gasteiger partial charge in [0, 0.05) is 29.5 Å². The Morgan fingerprint density at radius 2 is 2.05 bits per heavy atom. The van der Waals surface area contributed by atoms with Gasteiger partial charge in [0.15, 0.2) is 0 Å². The fraction of sp³-hybridized carbons (Fsp3) is 0.312. The maximum Gasteiger partial charge on any atom is 0.124 e. The fourth-order valence-electron chi connectivity index (χ4n) is 2.17. The van der Waals surface area contributed by atoms with Gasteiger partial charge in [-0.25, -0.2) is 0 Å². The number of aromatic nitrogens is 1. The standard InChI is InChI=1S/C16H19BrN2O2/c1-18-16(12-9-13(17)11-19-10-12)14-5-3-4-6-15(14)21-8-7-20-2/h3-6,9-11,16,18H,7-8H2,1-2H3. The van der Waals surface area contributed by atoms with E-state index in [1.165, 1.54) is 0 Å². The van der Waals surface area contributed by atoms with Crippen LogP contribution in [0.5, 0.6) is 5.75 Å². The predicted molar refractivity (Wildman–Crippen MR) is 86.7 cm³/mol. The van der Waals surface area contributed by atoms with Gasteiger partial charge in [0.25, 0.3) is 0 Å². The molecule has 0 saturated carbocycles. The number of hydrogen-bond acceptors (Lipinski definition) is 4. The van der Waals surface area contributed by atoms with Crippen molar-refractivity contribution in [3.8, 4) is 5.75 Å². The minimum Gasteiger partial charge on any atom is -0.491 e. The number of nitrogens with one attached hydrogen (secondary N) is 1. The lowest BCUT2D eigenvalue weighted by atomic mass is 9.99. The van der Waals surface area contributed by atoms with Gasteiger partial charge in [-0.3, -0.25) is 4.98 Å². The summed E-state index contributed by atoms with van der Waals surface area (Å²) in [6.07, 6.45) is 3.63. The summed E-state index contributed by atoms with van der Waals surface area (Å²) < 4.78 is 11.8. The molecule has 21 heavy (non-hydrogen) atoms. The summed E-state index contributed by atoms with van der Waals surface area (Å²) in [5.41, 5.74) is 2.16. The van der Waals surface area contributed by atoms with Crippen LogP contribution in [0.1, 0.15) is 17.2 Å². The summed E-state index contributed by atoms with van der Waals surface area (Å²) >= 11 is 3.46. The second kappa shape index (κ2) is 8.12. The van der Waals surface area contributed by atoms with E-state index >= 15 is 0 Å². The van der Waals surface area contributed by atoms with E-state index < -0.39 is 0 Å². The van der Waals surface area contributed by atoms with Crippen LogP contribution >= 0.6 is 15.9 Å². The SMILES string of the molecule is CNC(c1cncc(Br)c1)c1ccccc1OCCOC. The van der Waals surface area contributed by atoms with Gasteiger partial charge < -0.3 is 14.8 Å². The van der Waals surface area contributed by atoms with Crippen molar-refractivity contribution in [3.63, 3.8) is 0 Å². The van der Waals surface area contributed by atoms with E-state index in [1.54, 1.807) is 13.3 Å². The van der Waals surface area contributed by atoms with E-state index in [4.69, 9.17) is 9.47 Å². The lowest BCUT2D eigenvalue weighted by molar-refractivity contribution is 0.145. The number of ether oxygens (including phenoxy) is 2. The van der Waals surface area contributed by atoms with Crippen molar-refractivity contribution in [2.24, 2.45) is 0 Å². The third-order valence-electron chi connectivity index (χ3n) is 3.12. The molecule has 0 aliphatic carbocycles. The quantitative estimate of drug-likeness (QED) is 0.779. The zero-order valence-electron chi connectivity index (χ0n) is 12.2. The third kappa shape index (κ3) is 4.27. The van der Waals surface area contributed by atoms with Crippen LogP contribution in [0.25, 0.3) is 0 Å². The maximum atomic E-state index is 5.81. The number of methoxy groups -OCH3 is 1. The first-order valence-corrected chi connectivity index (χ1v) is 7.54. The first kappa shape index (κ1) is 15.9. The minimum atomic E-state index is 0.0220. The Morgan fingerprint density at radius 3 is 2.76 bits per heavy atom. The van der Waals surface area contributed by atoms with E-state index in [1.807, 2.05) is 31.4 Å². The molecule has 1 aromatic carbocycles. The molecule has 2 aromatic rings. The van der Waals surface area contributed by atoms with Gasteiger partial charge in [-0.2, -0.15) is 0 Å². The molecule has 112 valence electrons. The molecule has 0 saturated heterocycles. The van der Waals surface area contributed by atoms with E-state index in [-0.39, 0.29) is 6.04 Å². The molecule has 1 unspecified atom stereocenters. The third-order valence-corrected chi connectivity index (χ3v) is 3.56. The molecule has 0 spiro atoms. The topological polar surface area (TPSA) is 43.4 Å². The van der Waals surface area contributed by atoms with Gasteiger partial charge in [-0.05, 0) is 40.7 Å². The molecule has 1 atom stereocenters. The van der Waals surface area contributed by atoms with E-state index in [0.29, 0.717) is 13.2 Å². The maximum absolute atomic E-state index is 5.81. The second-order valence-electron chi connectivity index (χ2n) is 4.54. The van der Waals surface area contributed by atoms with Crippen molar-refractivity contribution < 1.29 is 9.47 Å². The molecule has 0 amide bonds. The Balaban J connectivity index is 2.29. The highest BCUT2D eigenvalue weighted by Gasteiger charge is 2.17. The number of benzene rings is 1. The monoisotopic (exact) mass is 350 g/mol. The summed E-state index contributed by atoms with van der Waals surface area (Å²) in [6.45, 7) is 1.09. The van der Waals surface area contributed by atoms with Gasteiger partial charge >= 0.3 is 0 Å². The zero-order chi connectivity index (χ0) is 15.1. The van der Waals surface area contributed by atoms with Crippen molar-refractivity contribution in [2.45, 2.75) is 6.04 Å². The highest BCUT2D eigenvalue weighted by atomic mass is 79.9. The van der Waals surface area contributed by atoms with Crippen LogP contribution < -0.4 is 10.1 Å². The molecular formula is C16H19BrN2O2. The second-order valence-corrected chi connectivity index (χ2v) is 5.45. The molecule has 1 heterocycles. The Bertz CT molecular complexity index is 578. The Kier molecular flexibility index (Phi) is 6.17. The molecule has 1 N–H and O–H groups in total. The number of rotatable bonds is 7. The first-order valence-electron chi connectivity index (χ1n) is 6.74. The number of pyridine rings is 1. The number of nitrogens with zero attached hydrogens (tertiary/aromatic N) is 1. The largest absolute Gasteiger partial charge is 0.491 e. The van der Waals surface area contributed by atoms with Crippen LogP contribution in [0.4, 0.5) is 0 Å². The number of hydrogen-bond donors (Lipinski definition) is 1. The van der Waals surface area contributed by atoms with Crippen LogP contribution in [0.15, 0.2) is 47.2 Å². The Labute approximate surface area is 133 Å². The van der Waals surface area contributed by atoms with Gasteiger partial charge in [0.05, 0.1) is 12.6 Å². The van der Waals surface area contributed by atoms with Gasteiger partial charge in [-0.15, -0.1) is 0 Å². The van der Waals surface area contributed by atoms with E-state index in [0.717, 1.165) is 21.3 Å². The van der Waals surface area contributed by atoms with Crippen molar-refractivity contribution in [2.75, 3.05) is 27.4 Å². The zero-order valence-corrected chi connectivity index (χ0v) is 13.8. The van der Waals surface area contributed by atoms with Gasteiger partial charge in [0.1, 0.15) is 12.4 Å². The molecule has 5 heteroatoms. The van der Waals surface area contributed by atoms with Gasteiger partial charge in [0.2, 0.25) is 0 Å². The summed E-state index contributed by atoms with van der Waals surface area (Å²) in [5, 5.41) is 3.32. The minimum absolute atomic E-state index is 0.0220. The highest BCUT2D eigenvalue weighted by molar-refractivity contribution is 9.10. The van der Waals surface area contributed by atoms with E-state index in [9.17, 15) is 0 Å². The smallest absolute Gasteiger partial charge is 0.124 e. The van der Waals surface area contributed by atoms with Crippen LogP contribution in [-0.4, -0.2) is 32.4 Å². The number of halogens is 1. The van der Waals surface area contributed by atoms with Crippen molar-refractivity contribution in [3.05, 3.63) is 58.3 Å². The fourth-order valence-corrected chi connectivity index (χ4v) is 2.56. The molecule has 0 radical (unpaired) electrons. The molecular weight excluding hydrogens is 332 g/mol. The Morgan fingerprint density at radius 1 is 1.24 bits per heavy atom. The lowest BCUT2D eigenvalue weighted by Gasteiger charge is -2.20. The van der Waals surface area contributed by atoms with Crippen LogP contribution in [0, 0.1) is 0 Å². The Hall–Kier alpha value is -1.43. The van der Waals surface area contributed by atoms with Crippen LogP contribution in [-0.2, 0) is 4.74 Å². The summed E-state index contributed by atoms with van der Waals surface area (Å²) in [5.74, 6) is 0.855. The first-order chi connectivity index (χ1) is 10.3. The number of para-hydroxylation sites is 1. The lowest BCUT2D eigenvalue weighted by Crippen LogP contribution is -2.19. The van der Waals surface area contributed by atoms with Crippen LogP contribution in [0.2, 0.25) is 0 Å². The van der Waals surface area contributed by atoms with Gasteiger partial charge in [-0.1, -0.05) is 18.2 Å². The molecule has 0 bridgehead atoms. The van der Waals surface area contributed by atoms with Crippen molar-refractivity contribution in [1.82, 2.24) is 10.3 Å². The summed E-state index contributed by atoms with van der Waals surface area (Å²) in [6, 6.07) is 10.1. The predicted octanol–water partition coefficient (Wildman–Crippen LogP) is 3.18. The van der Waals surface area contributed by atoms with E-state index in [2.05, 4.69) is 38.4 Å². The molecule has 1 aromatic heterocycles. The molecule has 2 rings (SSSR count). The van der Waals surface area contributed by atoms with Crippen molar-refractivity contribution in [1.29, 1.82) is 0 Å². The average molecular weight is 351 g/mol. The molecule has 0 fully saturated rings. The molecule has 0 aliphatic heterocycles. The highest BCUT2D eigenvalue weighted by Crippen LogP contribution is 2.30.